The second-order valence-corrected chi connectivity index (χ2v) is 5.69. The molecule has 0 aromatic carbocycles. The van der Waals surface area contributed by atoms with Gasteiger partial charge in [-0.25, -0.2) is 0 Å². The third-order valence-electron chi connectivity index (χ3n) is 3.36. The van der Waals surface area contributed by atoms with Crippen LogP contribution in [0.1, 0.15) is 11.3 Å². The Bertz CT molecular complexity index is 365. The van der Waals surface area contributed by atoms with Crippen LogP contribution < -0.4 is 0 Å². The molecule has 0 aliphatic carbocycles. The predicted molar refractivity (Wildman–Crippen MR) is 80.4 cm³/mol. The normalized spacial score (nSPS) is 17.1. The van der Waals surface area contributed by atoms with Crippen LogP contribution in [0.3, 0.4) is 0 Å². The molecule has 0 amide bonds. The van der Waals surface area contributed by atoms with Gasteiger partial charge >= 0.3 is 5.97 Å². The average Bonchev–Trinajstić information content (AvgIpc) is 2.88. The third-order valence-corrected chi connectivity index (χ3v) is 4.30. The van der Waals surface area contributed by atoms with Crippen molar-refractivity contribution >= 4 is 29.7 Å². The molecule has 0 bridgehead atoms. The molecule has 1 fully saturated rings. The molecule has 1 aromatic heterocycles. The quantitative estimate of drug-likeness (QED) is 0.870. The van der Waals surface area contributed by atoms with Gasteiger partial charge in [0.2, 0.25) is 0 Å². The van der Waals surface area contributed by atoms with Gasteiger partial charge in [-0.15, -0.1) is 23.7 Å². The van der Waals surface area contributed by atoms with Gasteiger partial charge in [0.15, 0.2) is 0 Å². The van der Waals surface area contributed by atoms with Gasteiger partial charge in [0.1, 0.15) is 0 Å². The molecule has 1 aliphatic rings. The maximum absolute atomic E-state index is 10.5. The highest BCUT2D eigenvalue weighted by Gasteiger charge is 2.16. The highest BCUT2D eigenvalue weighted by molar-refractivity contribution is 7.09. The minimum absolute atomic E-state index is 0. The number of thiophene rings is 1. The number of nitrogens with zero attached hydrogens (tertiary/aromatic N) is 2. The number of piperazine rings is 1. The summed E-state index contributed by atoms with van der Waals surface area (Å²) in [4.78, 5) is 16.7. The van der Waals surface area contributed by atoms with Crippen molar-refractivity contribution in [1.82, 2.24) is 9.80 Å². The lowest BCUT2D eigenvalue weighted by molar-refractivity contribution is -0.137. The van der Waals surface area contributed by atoms with Crippen LogP contribution in [0.4, 0.5) is 0 Å². The predicted octanol–water partition coefficient (Wildman–Crippen LogP) is 1.80. The van der Waals surface area contributed by atoms with Crippen molar-refractivity contribution in [3.63, 3.8) is 0 Å². The van der Waals surface area contributed by atoms with Gasteiger partial charge in [-0.3, -0.25) is 4.79 Å². The number of carboxylic acids is 1. The van der Waals surface area contributed by atoms with Crippen molar-refractivity contribution in [2.75, 3.05) is 39.3 Å². The molecular weight excluding hydrogens is 284 g/mol. The number of carboxylic acid groups (broad SMARTS) is 1. The number of aliphatic carboxylic acids is 1. The number of hydrogen-bond donors (Lipinski definition) is 1. The molecule has 0 spiro atoms. The zero-order chi connectivity index (χ0) is 12.8. The van der Waals surface area contributed by atoms with Crippen molar-refractivity contribution in [2.45, 2.75) is 12.8 Å². The minimum Gasteiger partial charge on any atom is -0.481 e. The Morgan fingerprint density at radius 2 is 1.84 bits per heavy atom. The molecule has 0 atom stereocenters. The Hall–Kier alpha value is -0.620. The Labute approximate surface area is 124 Å². The lowest BCUT2D eigenvalue weighted by Crippen LogP contribution is -2.47. The summed E-state index contributed by atoms with van der Waals surface area (Å²) < 4.78 is 0. The van der Waals surface area contributed by atoms with Crippen molar-refractivity contribution in [3.05, 3.63) is 22.4 Å². The minimum atomic E-state index is -0.699. The first-order valence-corrected chi connectivity index (χ1v) is 7.31. The molecule has 108 valence electrons. The summed E-state index contributed by atoms with van der Waals surface area (Å²) in [5, 5.41) is 10.8. The monoisotopic (exact) mass is 304 g/mol. The summed E-state index contributed by atoms with van der Waals surface area (Å²) >= 11 is 1.82. The Balaban J connectivity index is 0.00000180. The van der Waals surface area contributed by atoms with E-state index in [1.165, 1.54) is 4.88 Å². The van der Waals surface area contributed by atoms with Gasteiger partial charge in [-0.2, -0.15) is 0 Å². The summed E-state index contributed by atoms with van der Waals surface area (Å²) in [6.07, 6.45) is 1.39. The molecule has 4 nitrogen and oxygen atoms in total. The summed E-state index contributed by atoms with van der Waals surface area (Å²) in [6, 6.07) is 4.29. The highest BCUT2D eigenvalue weighted by atomic mass is 35.5. The Morgan fingerprint density at radius 1 is 1.21 bits per heavy atom. The first kappa shape index (κ1) is 16.4. The molecule has 0 radical (unpaired) electrons. The van der Waals surface area contributed by atoms with E-state index in [1.54, 1.807) is 0 Å². The largest absolute Gasteiger partial charge is 0.481 e. The van der Waals surface area contributed by atoms with E-state index in [2.05, 4.69) is 27.3 Å². The van der Waals surface area contributed by atoms with Gasteiger partial charge in [0.05, 0.1) is 6.42 Å². The second kappa shape index (κ2) is 8.53. The fourth-order valence-corrected chi connectivity index (χ4v) is 2.91. The molecule has 19 heavy (non-hydrogen) atoms. The Morgan fingerprint density at radius 3 is 2.37 bits per heavy atom. The molecule has 2 rings (SSSR count). The van der Waals surface area contributed by atoms with Gasteiger partial charge in [0, 0.05) is 44.1 Å². The average molecular weight is 305 g/mol. The molecule has 1 N–H and O–H groups in total. The van der Waals surface area contributed by atoms with Crippen LogP contribution in [0, 0.1) is 0 Å². The van der Waals surface area contributed by atoms with E-state index in [1.807, 2.05) is 11.3 Å². The first-order chi connectivity index (χ1) is 8.74. The van der Waals surface area contributed by atoms with Crippen LogP contribution in [0.2, 0.25) is 0 Å². The summed E-state index contributed by atoms with van der Waals surface area (Å²) in [5.74, 6) is -0.699. The summed E-state index contributed by atoms with van der Waals surface area (Å²) in [5.41, 5.74) is 0. The van der Waals surface area contributed by atoms with Crippen molar-refractivity contribution < 1.29 is 9.90 Å². The smallest absolute Gasteiger partial charge is 0.304 e. The van der Waals surface area contributed by atoms with Crippen LogP contribution in [-0.4, -0.2) is 60.1 Å². The number of halogens is 1. The lowest BCUT2D eigenvalue weighted by Gasteiger charge is -2.34. The van der Waals surface area contributed by atoms with Crippen LogP contribution in [-0.2, 0) is 11.2 Å². The molecule has 0 saturated carbocycles. The molecule has 0 unspecified atom stereocenters. The number of hydrogen-bond acceptors (Lipinski definition) is 4. The maximum Gasteiger partial charge on any atom is 0.304 e. The molecule has 1 saturated heterocycles. The van der Waals surface area contributed by atoms with Crippen molar-refractivity contribution in [3.8, 4) is 0 Å². The number of carbonyl (C=O) groups is 1. The van der Waals surface area contributed by atoms with Crippen molar-refractivity contribution in [2.24, 2.45) is 0 Å². The molecular formula is C13H21ClN2O2S. The van der Waals surface area contributed by atoms with Crippen molar-refractivity contribution in [1.29, 1.82) is 0 Å². The van der Waals surface area contributed by atoms with E-state index >= 15 is 0 Å². The fraction of sp³-hybridized carbons (Fsp3) is 0.615. The van der Waals surface area contributed by atoms with E-state index in [0.29, 0.717) is 6.54 Å². The van der Waals surface area contributed by atoms with Crippen LogP contribution in [0.5, 0.6) is 0 Å². The lowest BCUT2D eigenvalue weighted by atomic mass is 10.2. The fourth-order valence-electron chi connectivity index (χ4n) is 2.21. The van der Waals surface area contributed by atoms with Crippen LogP contribution >= 0.6 is 23.7 Å². The SMILES string of the molecule is Cl.O=C(O)CCN1CCN(CCc2cccs2)CC1. The maximum atomic E-state index is 10.5. The van der Waals surface area contributed by atoms with Gasteiger partial charge in [-0.1, -0.05) is 6.07 Å². The third kappa shape index (κ3) is 5.91. The standard InChI is InChI=1S/C13H20N2O2S.ClH/c16-13(17)4-6-15-9-7-14(8-10-15)5-3-12-2-1-11-18-12;/h1-2,11H,3-10H2,(H,16,17);1H. The van der Waals surface area contributed by atoms with E-state index in [-0.39, 0.29) is 18.8 Å². The molecule has 1 aliphatic heterocycles. The van der Waals surface area contributed by atoms with Gasteiger partial charge < -0.3 is 14.9 Å². The molecule has 2 heterocycles. The Kier molecular flexibility index (Phi) is 7.38. The topological polar surface area (TPSA) is 43.8 Å². The first-order valence-electron chi connectivity index (χ1n) is 6.43. The van der Waals surface area contributed by atoms with Gasteiger partial charge in [0.25, 0.3) is 0 Å². The highest BCUT2D eigenvalue weighted by Crippen LogP contribution is 2.11. The summed E-state index contributed by atoms with van der Waals surface area (Å²) in [6.45, 7) is 5.92. The zero-order valence-corrected chi connectivity index (χ0v) is 12.6. The zero-order valence-electron chi connectivity index (χ0n) is 11.0. The van der Waals surface area contributed by atoms with Crippen LogP contribution in [0.15, 0.2) is 17.5 Å². The van der Waals surface area contributed by atoms with E-state index < -0.39 is 5.97 Å². The molecule has 6 heteroatoms. The van der Waals surface area contributed by atoms with E-state index in [0.717, 1.165) is 39.1 Å². The van der Waals surface area contributed by atoms with E-state index in [4.69, 9.17) is 5.11 Å². The summed E-state index contributed by atoms with van der Waals surface area (Å²) in [7, 11) is 0. The second-order valence-electron chi connectivity index (χ2n) is 4.66. The van der Waals surface area contributed by atoms with Crippen LogP contribution in [0.25, 0.3) is 0 Å². The molecule has 1 aromatic rings. The van der Waals surface area contributed by atoms with Gasteiger partial charge in [-0.05, 0) is 17.9 Å². The van der Waals surface area contributed by atoms with E-state index in [9.17, 15) is 4.79 Å². The number of rotatable bonds is 6.